The number of carbonyl (C=O) groups is 2. The summed E-state index contributed by atoms with van der Waals surface area (Å²) in [5.74, 6) is -0.610. The van der Waals surface area contributed by atoms with E-state index in [9.17, 15) is 9.59 Å². The average Bonchev–Trinajstić information content (AvgIpc) is 2.72. The van der Waals surface area contributed by atoms with Gasteiger partial charge in [-0.1, -0.05) is 62.2 Å². The fourth-order valence-electron chi connectivity index (χ4n) is 2.84. The van der Waals surface area contributed by atoms with E-state index in [1.54, 1.807) is 24.3 Å². The quantitative estimate of drug-likeness (QED) is 0.505. The Bertz CT molecular complexity index is 747. The van der Waals surface area contributed by atoms with Crippen molar-refractivity contribution in [1.29, 1.82) is 0 Å². The van der Waals surface area contributed by atoms with Gasteiger partial charge in [0, 0.05) is 5.69 Å². The molecule has 2 aromatic rings. The van der Waals surface area contributed by atoms with E-state index in [4.69, 9.17) is 10.8 Å². The highest BCUT2D eigenvalue weighted by molar-refractivity contribution is 5.97. The molecule has 2 rings (SSSR count). The molecule has 0 heterocycles. The molecule has 0 aliphatic heterocycles. The molecule has 0 aliphatic rings. The number of amides is 2. The van der Waals surface area contributed by atoms with Gasteiger partial charge in [0.2, 0.25) is 11.8 Å². The molecule has 2 amide bonds. The molecule has 2 aromatic carbocycles. The molecule has 0 aliphatic carbocycles. The maximum Gasteiger partial charge on any atom is 0.246 e. The molecule has 0 saturated carbocycles. The van der Waals surface area contributed by atoms with Crippen molar-refractivity contribution in [3.05, 3.63) is 65.7 Å². The Morgan fingerprint density at radius 1 is 1.00 bits per heavy atom. The van der Waals surface area contributed by atoms with Crippen molar-refractivity contribution in [3.8, 4) is 0 Å². The third-order valence-corrected chi connectivity index (χ3v) is 4.52. The third kappa shape index (κ3) is 6.79. The Hall–Kier alpha value is -2.70. The molecular formula is C22H29N3O3. The molecule has 6 nitrogen and oxygen atoms in total. The molecule has 0 aromatic heterocycles. The van der Waals surface area contributed by atoms with Crippen LogP contribution in [-0.2, 0) is 22.6 Å². The number of benzene rings is 2. The van der Waals surface area contributed by atoms with Gasteiger partial charge in [-0.2, -0.15) is 0 Å². The lowest BCUT2D eigenvalue weighted by molar-refractivity contribution is -0.127. The SMILES string of the molecule is CCCC[C@H](NC(=O)[C@@H](N)Cc1ccccc1)C(=O)Nc1ccc(CO)cc1. The molecule has 0 unspecified atom stereocenters. The minimum Gasteiger partial charge on any atom is -0.392 e. The smallest absolute Gasteiger partial charge is 0.246 e. The number of rotatable bonds is 10. The Morgan fingerprint density at radius 3 is 2.29 bits per heavy atom. The van der Waals surface area contributed by atoms with Crippen molar-refractivity contribution in [1.82, 2.24) is 5.32 Å². The number of anilines is 1. The van der Waals surface area contributed by atoms with Crippen LogP contribution in [0.5, 0.6) is 0 Å². The number of nitrogens with one attached hydrogen (secondary N) is 2. The highest BCUT2D eigenvalue weighted by Crippen LogP contribution is 2.12. The fourth-order valence-corrected chi connectivity index (χ4v) is 2.84. The van der Waals surface area contributed by atoms with Crippen molar-refractivity contribution in [3.63, 3.8) is 0 Å². The Kier molecular flexibility index (Phi) is 8.65. The predicted octanol–water partition coefficient (Wildman–Crippen LogP) is 2.36. The molecule has 28 heavy (non-hydrogen) atoms. The molecule has 0 radical (unpaired) electrons. The van der Waals surface area contributed by atoms with E-state index in [2.05, 4.69) is 10.6 Å². The second-order valence-electron chi connectivity index (χ2n) is 6.84. The molecule has 0 spiro atoms. The van der Waals surface area contributed by atoms with Crippen molar-refractivity contribution in [2.75, 3.05) is 5.32 Å². The normalized spacial score (nSPS) is 12.8. The van der Waals surface area contributed by atoms with Gasteiger partial charge in [0.15, 0.2) is 0 Å². The summed E-state index contributed by atoms with van der Waals surface area (Å²) in [5.41, 5.74) is 8.40. The van der Waals surface area contributed by atoms with Crippen LogP contribution in [0.2, 0.25) is 0 Å². The maximum atomic E-state index is 12.7. The summed E-state index contributed by atoms with van der Waals surface area (Å²) in [6.07, 6.45) is 2.69. The Morgan fingerprint density at radius 2 is 1.68 bits per heavy atom. The van der Waals surface area contributed by atoms with Crippen molar-refractivity contribution in [2.45, 2.75) is 51.3 Å². The standard InChI is InChI=1S/C22H29N3O3/c1-2-3-9-20(22(28)24-18-12-10-17(15-26)11-13-18)25-21(27)19(23)14-16-7-5-4-6-8-16/h4-8,10-13,19-20,26H,2-3,9,14-15,23H2,1H3,(H,24,28)(H,25,27)/t19-,20-/m0/s1. The molecule has 0 saturated heterocycles. The van der Waals surface area contributed by atoms with Crippen LogP contribution in [-0.4, -0.2) is 29.0 Å². The van der Waals surface area contributed by atoms with Crippen molar-refractivity contribution in [2.24, 2.45) is 5.73 Å². The second-order valence-corrected chi connectivity index (χ2v) is 6.84. The minimum absolute atomic E-state index is 0.0529. The summed E-state index contributed by atoms with van der Waals surface area (Å²) >= 11 is 0. The van der Waals surface area contributed by atoms with Crippen LogP contribution in [0.15, 0.2) is 54.6 Å². The van der Waals surface area contributed by atoms with Crippen LogP contribution >= 0.6 is 0 Å². The predicted molar refractivity (Wildman–Crippen MR) is 111 cm³/mol. The highest BCUT2D eigenvalue weighted by atomic mass is 16.3. The van der Waals surface area contributed by atoms with Gasteiger partial charge in [-0.25, -0.2) is 0 Å². The molecule has 2 atom stereocenters. The van der Waals surface area contributed by atoms with Gasteiger partial charge in [0.1, 0.15) is 6.04 Å². The Balaban J connectivity index is 1.98. The lowest BCUT2D eigenvalue weighted by Crippen LogP contribution is -2.50. The first kappa shape index (κ1) is 21.6. The van der Waals surface area contributed by atoms with Crippen LogP contribution in [0.1, 0.15) is 37.3 Å². The zero-order chi connectivity index (χ0) is 20.4. The van der Waals surface area contributed by atoms with Gasteiger partial charge in [-0.05, 0) is 36.1 Å². The number of aliphatic hydroxyl groups excluding tert-OH is 1. The molecule has 6 heteroatoms. The fraction of sp³-hybridized carbons (Fsp3) is 0.364. The zero-order valence-electron chi connectivity index (χ0n) is 16.2. The van der Waals surface area contributed by atoms with Crippen LogP contribution in [0.25, 0.3) is 0 Å². The zero-order valence-corrected chi connectivity index (χ0v) is 16.2. The molecular weight excluding hydrogens is 354 g/mol. The lowest BCUT2D eigenvalue weighted by Gasteiger charge is -2.21. The highest BCUT2D eigenvalue weighted by Gasteiger charge is 2.23. The first-order valence-corrected chi connectivity index (χ1v) is 9.64. The summed E-state index contributed by atoms with van der Waals surface area (Å²) in [5, 5.41) is 14.7. The number of unbranched alkanes of at least 4 members (excludes halogenated alkanes) is 1. The van der Waals surface area contributed by atoms with Crippen LogP contribution < -0.4 is 16.4 Å². The van der Waals surface area contributed by atoms with Gasteiger partial charge in [0.05, 0.1) is 12.6 Å². The largest absolute Gasteiger partial charge is 0.392 e. The Labute approximate surface area is 166 Å². The number of aliphatic hydroxyl groups is 1. The van der Waals surface area contributed by atoms with Gasteiger partial charge >= 0.3 is 0 Å². The van der Waals surface area contributed by atoms with Crippen molar-refractivity contribution < 1.29 is 14.7 Å². The first-order chi connectivity index (χ1) is 13.5. The van der Waals surface area contributed by atoms with E-state index in [-0.39, 0.29) is 18.4 Å². The van der Waals surface area contributed by atoms with E-state index in [0.717, 1.165) is 24.0 Å². The topological polar surface area (TPSA) is 104 Å². The van der Waals surface area contributed by atoms with Gasteiger partial charge in [-0.15, -0.1) is 0 Å². The number of carbonyl (C=O) groups excluding carboxylic acids is 2. The number of hydrogen-bond acceptors (Lipinski definition) is 4. The first-order valence-electron chi connectivity index (χ1n) is 9.64. The number of hydrogen-bond donors (Lipinski definition) is 4. The second kappa shape index (κ2) is 11.2. The summed E-state index contributed by atoms with van der Waals surface area (Å²) in [7, 11) is 0. The van der Waals surface area contributed by atoms with Crippen molar-refractivity contribution >= 4 is 17.5 Å². The van der Waals surface area contributed by atoms with E-state index in [1.807, 2.05) is 37.3 Å². The van der Waals surface area contributed by atoms with Gasteiger partial charge in [-0.3, -0.25) is 9.59 Å². The van der Waals surface area contributed by atoms with E-state index in [0.29, 0.717) is 18.5 Å². The summed E-state index contributed by atoms with van der Waals surface area (Å²) < 4.78 is 0. The van der Waals surface area contributed by atoms with E-state index < -0.39 is 12.1 Å². The van der Waals surface area contributed by atoms with Crippen LogP contribution in [0.4, 0.5) is 5.69 Å². The lowest BCUT2D eigenvalue weighted by atomic mass is 10.0. The maximum absolute atomic E-state index is 12.7. The summed E-state index contributed by atoms with van der Waals surface area (Å²) in [4.78, 5) is 25.2. The molecule has 0 fully saturated rings. The molecule has 5 N–H and O–H groups in total. The van der Waals surface area contributed by atoms with Gasteiger partial charge in [0.25, 0.3) is 0 Å². The molecule has 150 valence electrons. The van der Waals surface area contributed by atoms with Crippen LogP contribution in [0.3, 0.4) is 0 Å². The van der Waals surface area contributed by atoms with E-state index in [1.165, 1.54) is 0 Å². The van der Waals surface area contributed by atoms with Gasteiger partial charge < -0.3 is 21.5 Å². The summed E-state index contributed by atoms with van der Waals surface area (Å²) in [6.45, 7) is 1.98. The number of nitrogens with two attached hydrogens (primary N) is 1. The van der Waals surface area contributed by atoms with Crippen LogP contribution in [0, 0.1) is 0 Å². The third-order valence-electron chi connectivity index (χ3n) is 4.52. The molecule has 0 bridgehead atoms. The minimum atomic E-state index is -0.719. The summed E-state index contributed by atoms with van der Waals surface area (Å²) in [6, 6.07) is 15.1. The monoisotopic (exact) mass is 383 g/mol. The van der Waals surface area contributed by atoms with E-state index >= 15 is 0 Å². The average molecular weight is 383 g/mol.